The number of aromatic nitrogens is 3. The number of hydrogen-bond acceptors (Lipinski definition) is 6. The number of anilines is 1. The molecule has 0 bridgehead atoms. The fraction of sp³-hybridized carbons (Fsp3) is 0.188. The van der Waals surface area contributed by atoms with Crippen LogP contribution in [0.2, 0.25) is 10.0 Å². The Morgan fingerprint density at radius 1 is 1.20 bits per heavy atom. The average Bonchev–Trinajstić information content (AvgIpc) is 3.07. The molecule has 0 saturated carbocycles. The van der Waals surface area contributed by atoms with Crippen molar-refractivity contribution in [3.63, 3.8) is 0 Å². The number of ketones is 1. The highest BCUT2D eigenvalue weighted by Crippen LogP contribution is 2.28. The molecule has 3 aromatic rings. The third-order valence-corrected chi connectivity index (χ3v) is 5.91. The van der Waals surface area contributed by atoms with Crippen molar-refractivity contribution >= 4 is 57.2 Å². The van der Waals surface area contributed by atoms with Crippen molar-refractivity contribution in [1.82, 2.24) is 14.8 Å². The molecule has 2 heterocycles. The molecule has 3 rings (SSSR count). The summed E-state index contributed by atoms with van der Waals surface area (Å²) in [4.78, 5) is 12.6. The Balaban J connectivity index is 1.87. The average molecular weight is 413 g/mol. The lowest BCUT2D eigenvalue weighted by atomic mass is 10.2. The normalized spacial score (nSPS) is 11.0. The van der Waals surface area contributed by atoms with Gasteiger partial charge in [0.2, 0.25) is 5.13 Å². The Bertz CT molecular complexity index is 932. The number of benzene rings is 1. The molecule has 2 N–H and O–H groups in total. The fourth-order valence-corrected chi connectivity index (χ4v) is 4.63. The van der Waals surface area contributed by atoms with Crippen molar-refractivity contribution in [3.8, 4) is 5.69 Å². The van der Waals surface area contributed by atoms with Crippen LogP contribution in [0.1, 0.15) is 21.7 Å². The van der Waals surface area contributed by atoms with Crippen LogP contribution in [0.25, 0.3) is 5.69 Å². The predicted octanol–water partition coefficient (Wildman–Crippen LogP) is 4.81. The zero-order chi connectivity index (χ0) is 18.1. The van der Waals surface area contributed by atoms with Crippen LogP contribution < -0.4 is 5.73 Å². The standard InChI is InChI=1S/C16H14Cl2N4OS2/c1-8-3-13(14(23)7-24-16-21-20-15(19)25-16)9(2)22(8)12-5-10(17)4-11(18)6-12/h3-6H,7H2,1-2H3,(H2,19,20). The fourth-order valence-electron chi connectivity index (χ4n) is 2.59. The van der Waals surface area contributed by atoms with Crippen LogP contribution in [0.15, 0.2) is 28.6 Å². The van der Waals surface area contributed by atoms with E-state index in [-0.39, 0.29) is 11.5 Å². The highest BCUT2D eigenvalue weighted by atomic mass is 35.5. The summed E-state index contributed by atoms with van der Waals surface area (Å²) in [6.07, 6.45) is 0. The van der Waals surface area contributed by atoms with E-state index in [1.807, 2.05) is 36.6 Å². The topological polar surface area (TPSA) is 73.8 Å². The van der Waals surface area contributed by atoms with E-state index in [0.717, 1.165) is 17.1 Å². The molecule has 0 spiro atoms. The minimum absolute atomic E-state index is 0.0197. The minimum Gasteiger partial charge on any atom is -0.374 e. The molecule has 9 heteroatoms. The zero-order valence-corrected chi connectivity index (χ0v) is 16.6. The molecule has 0 saturated heterocycles. The summed E-state index contributed by atoms with van der Waals surface area (Å²) in [7, 11) is 0. The third-order valence-electron chi connectivity index (χ3n) is 3.59. The van der Waals surface area contributed by atoms with Crippen LogP contribution in [-0.4, -0.2) is 26.3 Å². The van der Waals surface area contributed by atoms with Crippen molar-refractivity contribution in [3.05, 3.63) is 51.3 Å². The highest BCUT2D eigenvalue weighted by molar-refractivity contribution is 8.01. The maximum atomic E-state index is 12.6. The van der Waals surface area contributed by atoms with Gasteiger partial charge in [-0.3, -0.25) is 4.79 Å². The van der Waals surface area contributed by atoms with Gasteiger partial charge in [-0.25, -0.2) is 0 Å². The van der Waals surface area contributed by atoms with E-state index in [1.54, 1.807) is 6.07 Å². The molecule has 1 aromatic carbocycles. The second-order valence-corrected chi connectivity index (χ2v) is 8.47. The Kier molecular flexibility index (Phi) is 5.38. The Labute approximate surface area is 163 Å². The molecule has 0 amide bonds. The second kappa shape index (κ2) is 7.37. The number of rotatable bonds is 5. The van der Waals surface area contributed by atoms with E-state index in [0.29, 0.717) is 25.1 Å². The first-order valence-corrected chi connectivity index (χ1v) is 9.81. The first-order chi connectivity index (χ1) is 11.8. The number of thioether (sulfide) groups is 1. The quantitative estimate of drug-likeness (QED) is 0.480. The van der Waals surface area contributed by atoms with Gasteiger partial charge in [-0.05, 0) is 38.1 Å². The van der Waals surface area contributed by atoms with Crippen LogP contribution in [0.3, 0.4) is 0 Å². The lowest BCUT2D eigenvalue weighted by molar-refractivity contribution is 0.102. The predicted molar refractivity (Wildman–Crippen MR) is 105 cm³/mol. The number of nitrogen functional groups attached to an aromatic ring is 1. The maximum absolute atomic E-state index is 12.6. The number of Topliss-reactive ketones (excluding diaryl/α,β-unsaturated/α-hetero) is 1. The number of carbonyl (C=O) groups is 1. The molecule has 0 unspecified atom stereocenters. The zero-order valence-electron chi connectivity index (χ0n) is 13.4. The van der Waals surface area contributed by atoms with Gasteiger partial charge in [-0.15, -0.1) is 10.2 Å². The number of hydrogen-bond donors (Lipinski definition) is 1. The molecule has 0 atom stereocenters. The minimum atomic E-state index is 0.0197. The lowest BCUT2D eigenvalue weighted by Crippen LogP contribution is -2.05. The van der Waals surface area contributed by atoms with Gasteiger partial charge in [0.25, 0.3) is 0 Å². The first kappa shape index (κ1) is 18.3. The van der Waals surface area contributed by atoms with E-state index in [2.05, 4.69) is 10.2 Å². The summed E-state index contributed by atoms with van der Waals surface area (Å²) in [5.74, 6) is 0.293. The molecule has 2 aromatic heterocycles. The SMILES string of the molecule is Cc1cc(C(=O)CSc2nnc(N)s2)c(C)n1-c1cc(Cl)cc(Cl)c1. The van der Waals surface area contributed by atoms with E-state index in [9.17, 15) is 4.79 Å². The Morgan fingerprint density at radius 3 is 2.48 bits per heavy atom. The molecular weight excluding hydrogens is 399 g/mol. The molecule has 0 radical (unpaired) electrons. The number of halogens is 2. The maximum Gasteiger partial charge on any atom is 0.203 e. The largest absolute Gasteiger partial charge is 0.374 e. The lowest BCUT2D eigenvalue weighted by Gasteiger charge is -2.11. The Morgan fingerprint density at radius 2 is 1.88 bits per heavy atom. The highest BCUT2D eigenvalue weighted by Gasteiger charge is 2.18. The summed E-state index contributed by atoms with van der Waals surface area (Å²) < 4.78 is 2.65. The van der Waals surface area contributed by atoms with Gasteiger partial charge in [0.05, 0.1) is 5.75 Å². The number of nitrogens with two attached hydrogens (primary N) is 1. The van der Waals surface area contributed by atoms with Crippen molar-refractivity contribution < 1.29 is 4.79 Å². The molecule has 25 heavy (non-hydrogen) atoms. The van der Waals surface area contributed by atoms with Crippen LogP contribution in [0, 0.1) is 13.8 Å². The van der Waals surface area contributed by atoms with Crippen molar-refractivity contribution in [2.45, 2.75) is 18.2 Å². The molecule has 0 aliphatic rings. The van der Waals surface area contributed by atoms with Crippen molar-refractivity contribution in [2.75, 3.05) is 11.5 Å². The van der Waals surface area contributed by atoms with Gasteiger partial charge in [-0.1, -0.05) is 46.3 Å². The van der Waals surface area contributed by atoms with Crippen molar-refractivity contribution in [1.29, 1.82) is 0 Å². The monoisotopic (exact) mass is 412 g/mol. The molecule has 130 valence electrons. The Hall–Kier alpha value is -1.54. The smallest absolute Gasteiger partial charge is 0.203 e. The molecule has 5 nitrogen and oxygen atoms in total. The molecule has 0 aliphatic carbocycles. The van der Waals surface area contributed by atoms with E-state index in [1.165, 1.54) is 23.1 Å². The summed E-state index contributed by atoms with van der Waals surface area (Å²) >= 11 is 14.8. The number of carbonyl (C=O) groups excluding carboxylic acids is 1. The van der Waals surface area contributed by atoms with E-state index in [4.69, 9.17) is 28.9 Å². The third kappa shape index (κ3) is 4.00. The second-order valence-electron chi connectivity index (χ2n) is 5.37. The van der Waals surface area contributed by atoms with Crippen LogP contribution in [-0.2, 0) is 0 Å². The number of nitrogens with zero attached hydrogens (tertiary/aromatic N) is 3. The molecular formula is C16H14Cl2N4OS2. The van der Waals surface area contributed by atoms with Crippen LogP contribution in [0.4, 0.5) is 5.13 Å². The van der Waals surface area contributed by atoms with Crippen molar-refractivity contribution in [2.24, 2.45) is 0 Å². The van der Waals surface area contributed by atoms with Gasteiger partial charge in [0.15, 0.2) is 10.1 Å². The number of aryl methyl sites for hydroxylation is 1. The molecule has 0 fully saturated rings. The van der Waals surface area contributed by atoms with Gasteiger partial charge in [-0.2, -0.15) is 0 Å². The van der Waals surface area contributed by atoms with E-state index >= 15 is 0 Å². The van der Waals surface area contributed by atoms with Crippen LogP contribution >= 0.6 is 46.3 Å². The first-order valence-electron chi connectivity index (χ1n) is 7.25. The summed E-state index contributed by atoms with van der Waals surface area (Å²) in [5.41, 5.74) is 8.83. The summed E-state index contributed by atoms with van der Waals surface area (Å²) in [6, 6.07) is 7.19. The van der Waals surface area contributed by atoms with Crippen LogP contribution in [0.5, 0.6) is 0 Å². The van der Waals surface area contributed by atoms with Gasteiger partial charge in [0, 0.05) is 32.7 Å². The van der Waals surface area contributed by atoms with Gasteiger partial charge < -0.3 is 10.3 Å². The van der Waals surface area contributed by atoms with Gasteiger partial charge in [0.1, 0.15) is 0 Å². The summed E-state index contributed by atoms with van der Waals surface area (Å²) in [5, 5.41) is 9.15. The van der Waals surface area contributed by atoms with E-state index < -0.39 is 0 Å². The molecule has 0 aliphatic heterocycles. The van der Waals surface area contributed by atoms with Gasteiger partial charge >= 0.3 is 0 Å². The summed E-state index contributed by atoms with van der Waals surface area (Å²) in [6.45, 7) is 3.85.